The number of hydrogen-bond donors (Lipinski definition) is 2. The lowest BCUT2D eigenvalue weighted by atomic mass is 10.1. The van der Waals surface area contributed by atoms with Gasteiger partial charge in [-0.3, -0.25) is 29.2 Å². The summed E-state index contributed by atoms with van der Waals surface area (Å²) in [5, 5.41) is 7.00. The Morgan fingerprint density at radius 2 is 1.23 bits per heavy atom. The van der Waals surface area contributed by atoms with Crippen LogP contribution in [-0.4, -0.2) is 161 Å². The van der Waals surface area contributed by atoms with Crippen LogP contribution in [0.5, 0.6) is 23.0 Å². The van der Waals surface area contributed by atoms with Crippen molar-refractivity contribution in [1.29, 1.82) is 0 Å². The van der Waals surface area contributed by atoms with Crippen LogP contribution in [-0.2, 0) is 41.8 Å². The van der Waals surface area contributed by atoms with Gasteiger partial charge in [-0.05, 0) is 83.6 Å². The molecule has 428 valence electrons. The number of fused-ring (bicyclic) bond motifs is 4. The Kier molecular flexibility index (Phi) is 22.6. The number of ether oxygens (including phenoxy) is 8. The van der Waals surface area contributed by atoms with Gasteiger partial charge in [-0.2, -0.15) is 0 Å². The number of nitrogens with one attached hydrogen (secondary N) is 2. The number of nitrogens with zero attached hydrogens (tertiary/aromatic N) is 5. The summed E-state index contributed by atoms with van der Waals surface area (Å²) >= 11 is 0. The van der Waals surface area contributed by atoms with Gasteiger partial charge >= 0.3 is 0 Å². The largest absolute Gasteiger partial charge is 0.493 e. The molecule has 2 saturated heterocycles. The van der Waals surface area contributed by atoms with E-state index in [0.29, 0.717) is 141 Å². The summed E-state index contributed by atoms with van der Waals surface area (Å²) in [5.74, 6) is 7.29. The lowest BCUT2D eigenvalue weighted by Gasteiger charge is -2.20. The lowest BCUT2D eigenvalue weighted by molar-refractivity contribution is -0.122. The highest BCUT2D eigenvalue weighted by Crippen LogP contribution is 2.41. The molecule has 1 unspecified atom stereocenters. The van der Waals surface area contributed by atoms with Crippen LogP contribution in [0.3, 0.4) is 0 Å². The Hall–Kier alpha value is -7.19. The number of methoxy groups -OCH3 is 2. The van der Waals surface area contributed by atoms with Gasteiger partial charge < -0.3 is 58.3 Å². The Bertz CT molecular complexity index is 2890. The maximum atomic E-state index is 13.6. The molecule has 5 heterocycles. The molecule has 3 aromatic carbocycles. The monoisotopic (exact) mass is 1140 g/mol. The predicted molar refractivity (Wildman–Crippen MR) is 312 cm³/mol. The van der Waals surface area contributed by atoms with Gasteiger partial charge in [-0.1, -0.05) is 59.9 Å². The minimum absolute atomic E-state index is 0.00991. The third-order valence-electron chi connectivity index (χ3n) is 13.2. The van der Waals surface area contributed by atoms with Crippen molar-refractivity contribution in [1.82, 2.24) is 25.4 Å². The highest BCUT2D eigenvalue weighted by Gasteiger charge is 2.36. The number of aliphatic imine (C=N–C) groups is 2. The van der Waals surface area contributed by atoms with Crippen LogP contribution in [0.25, 0.3) is 0 Å². The minimum atomic E-state index is -0.214. The predicted octanol–water partition coefficient (Wildman–Crippen LogP) is 7.88. The lowest BCUT2D eigenvalue weighted by Crippen LogP contribution is -2.35. The fraction of sp³-hybridized carbons (Fsp3) is 0.417. The molecule has 21 heteroatoms. The molecule has 4 aliphatic heterocycles. The normalized spacial score (nSPS) is 16.3. The Labute approximate surface area is 481 Å². The van der Waals surface area contributed by atoms with Gasteiger partial charge in [-0.25, -0.2) is 4.98 Å². The van der Waals surface area contributed by atoms with Crippen LogP contribution in [0.4, 0.5) is 11.4 Å². The first-order chi connectivity index (χ1) is 39.4. The molecule has 0 radical (unpaired) electrons. The number of amides is 4. The Morgan fingerprint density at radius 1 is 0.691 bits per heavy atom. The highest BCUT2D eigenvalue weighted by atomic mass is 33.1. The van der Waals surface area contributed by atoms with Crippen molar-refractivity contribution >= 4 is 69.0 Å². The molecule has 2 N–H and O–H groups in total. The van der Waals surface area contributed by atoms with Gasteiger partial charge in [0.25, 0.3) is 11.8 Å². The summed E-state index contributed by atoms with van der Waals surface area (Å²) < 4.78 is 46.5. The number of carbonyl (C=O) groups is 4. The van der Waals surface area contributed by atoms with Gasteiger partial charge in [0, 0.05) is 74.0 Å². The van der Waals surface area contributed by atoms with E-state index in [-0.39, 0.29) is 68.5 Å². The van der Waals surface area contributed by atoms with E-state index in [4.69, 9.17) is 37.9 Å². The van der Waals surface area contributed by atoms with E-state index in [0.717, 1.165) is 33.7 Å². The second kappa shape index (κ2) is 30.6. The average molecular weight is 1140 g/mol. The number of hydrogen-bond acceptors (Lipinski definition) is 17. The van der Waals surface area contributed by atoms with Crippen molar-refractivity contribution in [3.05, 3.63) is 119 Å². The summed E-state index contributed by atoms with van der Waals surface area (Å²) in [5.41, 5.74) is 5.91. The zero-order chi connectivity index (χ0) is 56.9. The highest BCUT2D eigenvalue weighted by molar-refractivity contribution is 8.76. The summed E-state index contributed by atoms with van der Waals surface area (Å²) in [6.07, 6.45) is 8.05. The van der Waals surface area contributed by atoms with E-state index in [1.165, 1.54) is 14.2 Å². The van der Waals surface area contributed by atoms with Crippen molar-refractivity contribution < 1.29 is 57.1 Å². The molecular formula is C60H69N7O12S2. The first-order valence-electron chi connectivity index (χ1n) is 26.9. The van der Waals surface area contributed by atoms with E-state index >= 15 is 0 Å². The zero-order valence-corrected chi connectivity index (χ0v) is 47.7. The summed E-state index contributed by atoms with van der Waals surface area (Å²) in [4.78, 5) is 69.3. The molecule has 3 atom stereocenters. The molecule has 0 spiro atoms. The molecule has 2 fully saturated rings. The molecule has 8 rings (SSSR count). The Morgan fingerprint density at radius 3 is 1.78 bits per heavy atom. The number of benzene rings is 3. The molecule has 81 heavy (non-hydrogen) atoms. The minimum Gasteiger partial charge on any atom is -0.493 e. The van der Waals surface area contributed by atoms with Crippen LogP contribution < -0.4 is 29.6 Å². The quantitative estimate of drug-likeness (QED) is 0.0220. The SMILES string of the molecule is C=C1C[C@H]2C=Nc3cc(OCc4cc(C#CCNC(=O)CCOCCOCCOCCOCCNC(=O)CCC(C)SSc5ccccn5)cc(COc5cc6c(cc5OC)C(=O)N5CC(=C)C[C@H]5C=N6)c4)c(OC)cc3C(=O)N2C1. The molecule has 19 nitrogen and oxygen atoms in total. The maximum Gasteiger partial charge on any atom is 0.257 e. The molecular weight excluding hydrogens is 1070 g/mol. The summed E-state index contributed by atoms with van der Waals surface area (Å²) in [6, 6.07) is 18.0. The maximum absolute atomic E-state index is 13.6. The van der Waals surface area contributed by atoms with Gasteiger partial charge in [-0.15, -0.1) is 0 Å². The van der Waals surface area contributed by atoms with Crippen LogP contribution >= 0.6 is 21.6 Å². The molecule has 4 aromatic rings. The third-order valence-corrected chi connectivity index (χ3v) is 16.1. The fourth-order valence-corrected chi connectivity index (χ4v) is 11.2. The third kappa shape index (κ3) is 17.7. The van der Waals surface area contributed by atoms with Crippen molar-refractivity contribution in [2.24, 2.45) is 9.98 Å². The number of pyridine rings is 1. The summed E-state index contributed by atoms with van der Waals surface area (Å²) in [7, 11) is 6.37. The van der Waals surface area contributed by atoms with E-state index < -0.39 is 0 Å². The zero-order valence-electron chi connectivity index (χ0n) is 46.0. The van der Waals surface area contributed by atoms with Gasteiger partial charge in [0.1, 0.15) is 18.2 Å². The van der Waals surface area contributed by atoms with Crippen molar-refractivity contribution in [3.63, 3.8) is 0 Å². The first kappa shape index (κ1) is 59.9. The van der Waals surface area contributed by atoms with Crippen LogP contribution in [0.1, 0.15) is 76.4 Å². The molecule has 0 saturated carbocycles. The van der Waals surface area contributed by atoms with Gasteiger partial charge in [0.05, 0.1) is 108 Å². The molecule has 4 amide bonds. The molecule has 1 aromatic heterocycles. The number of rotatable bonds is 30. The standard InChI is InChI=1S/C60H69N7O12S2/c1-40-25-46-34-64-50-32-54(52(72-4)30-48(50)59(70)66(46)36-40)78-38-44-27-43(28-45(29-44)39-79-55-33-51-49(31-53(55)73-5)60(71)67-37-41(2)26-47(67)35-65-51)9-8-15-61-57(69)13-17-74-19-21-76-23-24-77-22-20-75-18-16-62-56(68)12-11-42(3)80-81-58-10-6-7-14-63-58/h6-7,10,14,27-35,42,46-47H,1-2,11-13,15-26,36-39H2,3-5H3,(H,61,69)(H,62,68)/t42?,46-,47-/m0/s1. The van der Waals surface area contributed by atoms with Gasteiger partial charge in [0.15, 0.2) is 23.0 Å². The second-order valence-electron chi connectivity index (χ2n) is 19.4. The second-order valence-corrected chi connectivity index (χ2v) is 22.1. The van der Waals surface area contributed by atoms with E-state index in [2.05, 4.69) is 57.5 Å². The van der Waals surface area contributed by atoms with Crippen LogP contribution in [0.15, 0.2) is 106 Å². The van der Waals surface area contributed by atoms with Gasteiger partial charge in [0.2, 0.25) is 11.8 Å². The number of carbonyl (C=O) groups excluding carboxylic acids is 4. The smallest absolute Gasteiger partial charge is 0.257 e. The molecule has 0 bridgehead atoms. The van der Waals surface area contributed by atoms with Crippen LogP contribution in [0, 0.1) is 11.8 Å². The van der Waals surface area contributed by atoms with Crippen LogP contribution in [0.2, 0.25) is 0 Å². The van der Waals surface area contributed by atoms with E-state index in [9.17, 15) is 19.2 Å². The molecule has 4 aliphatic rings. The number of aromatic nitrogens is 1. The van der Waals surface area contributed by atoms with Crippen molar-refractivity contribution in [2.45, 2.75) is 74.6 Å². The Balaban J connectivity index is 0.762. The average Bonchev–Trinajstić information content (AvgIpc) is 4.05. The first-order valence-corrected chi connectivity index (χ1v) is 29.1. The summed E-state index contributed by atoms with van der Waals surface area (Å²) in [6.45, 7) is 14.8. The molecule has 0 aliphatic carbocycles. The topological polar surface area (TPSA) is 210 Å². The van der Waals surface area contributed by atoms with E-state index in [1.54, 1.807) is 74.3 Å². The van der Waals surface area contributed by atoms with E-state index in [1.807, 2.05) is 36.4 Å². The fourth-order valence-electron chi connectivity index (χ4n) is 9.10. The van der Waals surface area contributed by atoms with Crippen molar-refractivity contribution in [3.8, 4) is 34.8 Å². The van der Waals surface area contributed by atoms with Crippen molar-refractivity contribution in [2.75, 3.05) is 93.3 Å².